The lowest BCUT2D eigenvalue weighted by Crippen LogP contribution is -2.44. The summed E-state index contributed by atoms with van der Waals surface area (Å²) < 4.78 is 5.93. The highest BCUT2D eigenvalue weighted by Crippen LogP contribution is 2.14. The van der Waals surface area contributed by atoms with Crippen molar-refractivity contribution in [3.8, 4) is 0 Å². The van der Waals surface area contributed by atoms with E-state index in [-0.39, 0.29) is 18.3 Å². The van der Waals surface area contributed by atoms with E-state index in [9.17, 15) is 9.59 Å². The molecule has 2 aromatic rings. The van der Waals surface area contributed by atoms with Gasteiger partial charge >= 0.3 is 0 Å². The molecule has 0 saturated heterocycles. The molecule has 0 aliphatic rings. The summed E-state index contributed by atoms with van der Waals surface area (Å²) in [7, 11) is 1.37. The van der Waals surface area contributed by atoms with Gasteiger partial charge in [0.15, 0.2) is 3.95 Å². The minimum absolute atomic E-state index is 0.100. The van der Waals surface area contributed by atoms with E-state index in [0.29, 0.717) is 3.95 Å². The van der Waals surface area contributed by atoms with E-state index in [4.69, 9.17) is 22.8 Å². The van der Waals surface area contributed by atoms with Gasteiger partial charge in [-0.1, -0.05) is 41.7 Å². The van der Waals surface area contributed by atoms with Crippen LogP contribution in [0.25, 0.3) is 0 Å². The molecule has 1 unspecified atom stereocenters. The number of ether oxygens (including phenoxy) is 1. The third kappa shape index (κ3) is 5.20. The number of carbonyl (C=O) groups excluding carboxylic acids is 2. The number of hydrogen-bond acceptors (Lipinski definition) is 7. The Labute approximate surface area is 147 Å². The second-order valence-electron chi connectivity index (χ2n) is 4.91. The van der Waals surface area contributed by atoms with Crippen LogP contribution in [-0.4, -0.2) is 40.7 Å². The number of rotatable bonds is 7. The Kier molecular flexibility index (Phi) is 6.55. The Morgan fingerprint density at radius 1 is 1.46 bits per heavy atom. The second-order valence-corrected chi connectivity index (χ2v) is 6.58. The van der Waals surface area contributed by atoms with Gasteiger partial charge in [0, 0.05) is 7.05 Å². The molecule has 1 aromatic heterocycles. The van der Waals surface area contributed by atoms with Crippen LogP contribution in [0.5, 0.6) is 0 Å². The summed E-state index contributed by atoms with van der Waals surface area (Å²) in [6, 6.07) is 9.44. The van der Waals surface area contributed by atoms with Crippen molar-refractivity contribution >= 4 is 40.5 Å². The number of nitrogens with zero attached hydrogens (tertiary/aromatic N) is 2. The van der Waals surface area contributed by atoms with Crippen molar-refractivity contribution in [1.82, 2.24) is 15.2 Å². The average Bonchev–Trinajstić information content (AvgIpc) is 2.96. The first kappa shape index (κ1) is 18.2. The summed E-state index contributed by atoms with van der Waals surface area (Å²) in [4.78, 5) is 24.5. The van der Waals surface area contributed by atoms with Gasteiger partial charge in [-0.3, -0.25) is 25.0 Å². The molecular formula is C14H17N5O3S2. The molecule has 10 heteroatoms. The topological polar surface area (TPSA) is 113 Å². The van der Waals surface area contributed by atoms with Crippen LogP contribution in [0, 0.1) is 9.87 Å². The van der Waals surface area contributed by atoms with Crippen LogP contribution < -0.4 is 11.2 Å². The first-order chi connectivity index (χ1) is 11.5. The van der Waals surface area contributed by atoms with Crippen LogP contribution in [0.3, 0.4) is 0 Å². The largest absolute Gasteiger partial charge is 0.375 e. The lowest BCUT2D eigenvalue weighted by molar-refractivity contribution is -0.142. The number of benzene rings is 1. The Morgan fingerprint density at radius 2 is 2.17 bits per heavy atom. The first-order valence-electron chi connectivity index (χ1n) is 6.97. The Hall–Kier alpha value is -2.14. The molecular weight excluding hydrogens is 350 g/mol. The first-order valence-corrected chi connectivity index (χ1v) is 8.20. The van der Waals surface area contributed by atoms with Gasteiger partial charge in [0.25, 0.3) is 5.91 Å². The van der Waals surface area contributed by atoms with Crippen molar-refractivity contribution in [2.45, 2.75) is 6.61 Å². The summed E-state index contributed by atoms with van der Waals surface area (Å²) in [6.07, 6.45) is 0. The van der Waals surface area contributed by atoms with Crippen LogP contribution in [0.1, 0.15) is 5.56 Å². The molecule has 2 amide bonds. The monoisotopic (exact) mass is 367 g/mol. The number of carbonyl (C=O) groups is 2. The average molecular weight is 367 g/mol. The number of hydrogen-bond donors (Lipinski definition) is 3. The fourth-order valence-corrected chi connectivity index (χ4v) is 2.64. The van der Waals surface area contributed by atoms with E-state index >= 15 is 0 Å². The van der Waals surface area contributed by atoms with Crippen LogP contribution in [0.4, 0.5) is 5.13 Å². The zero-order chi connectivity index (χ0) is 17.5. The fourth-order valence-electron chi connectivity index (χ4n) is 1.85. The van der Waals surface area contributed by atoms with Crippen molar-refractivity contribution in [3.63, 3.8) is 0 Å². The maximum absolute atomic E-state index is 12.3. The SMILES string of the molecule is CN(N)C(=O)C(COCc1ccccc1)C(=O)Nc1n[nH]c(=S)s1. The van der Waals surface area contributed by atoms with Gasteiger partial charge in [-0.05, 0) is 17.8 Å². The van der Waals surface area contributed by atoms with Crippen LogP contribution in [0.2, 0.25) is 0 Å². The van der Waals surface area contributed by atoms with Crippen LogP contribution in [-0.2, 0) is 20.9 Å². The molecule has 8 nitrogen and oxygen atoms in total. The molecule has 24 heavy (non-hydrogen) atoms. The maximum atomic E-state index is 12.3. The van der Waals surface area contributed by atoms with Crippen molar-refractivity contribution in [2.75, 3.05) is 19.0 Å². The smallest absolute Gasteiger partial charge is 0.251 e. The van der Waals surface area contributed by atoms with Gasteiger partial charge in [0.2, 0.25) is 11.0 Å². The van der Waals surface area contributed by atoms with Gasteiger partial charge in [0.1, 0.15) is 5.92 Å². The van der Waals surface area contributed by atoms with Crippen LogP contribution in [0.15, 0.2) is 30.3 Å². The number of hydrazine groups is 1. The molecule has 0 aliphatic carbocycles. The second kappa shape index (κ2) is 8.64. The molecule has 2 rings (SSSR count). The molecule has 0 radical (unpaired) electrons. The fraction of sp³-hybridized carbons (Fsp3) is 0.286. The van der Waals surface area contributed by atoms with Gasteiger partial charge in [0.05, 0.1) is 13.2 Å². The Morgan fingerprint density at radius 3 is 2.75 bits per heavy atom. The van der Waals surface area contributed by atoms with Gasteiger partial charge < -0.3 is 4.74 Å². The minimum atomic E-state index is -1.08. The molecule has 0 fully saturated rings. The zero-order valence-electron chi connectivity index (χ0n) is 12.9. The molecule has 0 saturated carbocycles. The number of H-pyrrole nitrogens is 1. The van der Waals surface area contributed by atoms with Gasteiger partial charge in [-0.15, -0.1) is 5.10 Å². The molecule has 1 aromatic carbocycles. The standard InChI is InChI=1S/C14H17N5O3S2/c1-19(15)12(21)10(8-22-7-9-5-3-2-4-6-9)11(20)16-13-17-18-14(23)24-13/h2-6,10H,7-8,15H2,1H3,(H,18,23)(H,16,17,20). The number of aromatic nitrogens is 2. The van der Waals surface area contributed by atoms with E-state index in [0.717, 1.165) is 21.9 Å². The van der Waals surface area contributed by atoms with E-state index in [1.807, 2.05) is 30.3 Å². The highest BCUT2D eigenvalue weighted by Gasteiger charge is 2.29. The lowest BCUT2D eigenvalue weighted by atomic mass is 10.1. The van der Waals surface area contributed by atoms with Crippen molar-refractivity contribution in [2.24, 2.45) is 11.8 Å². The summed E-state index contributed by atoms with van der Waals surface area (Å²) in [5, 5.41) is 10.1. The van der Waals surface area contributed by atoms with E-state index in [1.54, 1.807) is 0 Å². The predicted molar refractivity (Wildman–Crippen MR) is 92.5 cm³/mol. The molecule has 0 spiro atoms. The highest BCUT2D eigenvalue weighted by atomic mass is 32.1. The van der Waals surface area contributed by atoms with Crippen molar-refractivity contribution < 1.29 is 14.3 Å². The lowest BCUT2D eigenvalue weighted by Gasteiger charge is -2.19. The Balaban J connectivity index is 1.99. The van der Waals surface area contributed by atoms with Gasteiger partial charge in [-0.25, -0.2) is 5.84 Å². The van der Waals surface area contributed by atoms with Crippen molar-refractivity contribution in [1.29, 1.82) is 0 Å². The minimum Gasteiger partial charge on any atom is -0.375 e. The summed E-state index contributed by atoms with van der Waals surface area (Å²) in [5.74, 6) is 3.28. The quantitative estimate of drug-likeness (QED) is 0.223. The van der Waals surface area contributed by atoms with E-state index in [2.05, 4.69) is 15.5 Å². The molecule has 128 valence electrons. The molecule has 0 bridgehead atoms. The number of nitrogens with two attached hydrogens (primary N) is 1. The number of amides is 2. The number of anilines is 1. The zero-order valence-corrected chi connectivity index (χ0v) is 14.5. The molecule has 1 heterocycles. The maximum Gasteiger partial charge on any atom is 0.251 e. The molecule has 0 aliphatic heterocycles. The normalized spacial score (nSPS) is 11.8. The molecule has 4 N–H and O–H groups in total. The summed E-state index contributed by atoms with van der Waals surface area (Å²) >= 11 is 5.99. The Bertz CT molecular complexity index is 744. The van der Waals surface area contributed by atoms with E-state index < -0.39 is 17.7 Å². The van der Waals surface area contributed by atoms with Gasteiger partial charge in [-0.2, -0.15) is 0 Å². The third-order valence-electron chi connectivity index (χ3n) is 3.03. The third-order valence-corrected chi connectivity index (χ3v) is 4.03. The molecule has 1 atom stereocenters. The van der Waals surface area contributed by atoms with E-state index in [1.165, 1.54) is 7.05 Å². The highest BCUT2D eigenvalue weighted by molar-refractivity contribution is 7.73. The number of aromatic amines is 1. The summed E-state index contributed by atoms with van der Waals surface area (Å²) in [5.41, 5.74) is 0.940. The predicted octanol–water partition coefficient (Wildman–Crippen LogP) is 1.30. The summed E-state index contributed by atoms with van der Waals surface area (Å²) in [6.45, 7) is 0.185. The number of nitrogens with one attached hydrogen (secondary N) is 2. The van der Waals surface area contributed by atoms with Crippen LogP contribution >= 0.6 is 23.6 Å². The van der Waals surface area contributed by atoms with Crippen molar-refractivity contribution in [3.05, 3.63) is 39.8 Å².